The van der Waals surface area contributed by atoms with Gasteiger partial charge in [0.1, 0.15) is 5.03 Å². The van der Waals surface area contributed by atoms with Gasteiger partial charge in [-0.05, 0) is 11.8 Å². The molecule has 2 N–H and O–H groups in total. The summed E-state index contributed by atoms with van der Waals surface area (Å²) >= 11 is 7.01. The molecule has 0 radical (unpaired) electrons. The highest BCUT2D eigenvalue weighted by atomic mass is 35.5. The van der Waals surface area contributed by atoms with Crippen LogP contribution in [0.3, 0.4) is 0 Å². The molecule has 0 aliphatic heterocycles. The molecule has 0 saturated heterocycles. The first-order valence-corrected chi connectivity index (χ1v) is 5.10. The van der Waals surface area contributed by atoms with Crippen molar-refractivity contribution in [3.8, 4) is 0 Å². The third-order valence-electron chi connectivity index (χ3n) is 1.42. The Hall–Kier alpha value is -1.34. The number of nitrogens with zero attached hydrogens (tertiary/aromatic N) is 4. The third kappa shape index (κ3) is 2.37. The van der Waals surface area contributed by atoms with Crippen LogP contribution in [0.4, 0.5) is 5.95 Å². The van der Waals surface area contributed by atoms with Crippen molar-refractivity contribution < 1.29 is 4.42 Å². The van der Waals surface area contributed by atoms with Crippen molar-refractivity contribution in [2.24, 2.45) is 0 Å². The first kappa shape index (κ1) is 10.2. The van der Waals surface area contributed by atoms with Gasteiger partial charge in [0.15, 0.2) is 0 Å². The molecule has 8 heteroatoms. The minimum atomic E-state index is 0.151. The van der Waals surface area contributed by atoms with Gasteiger partial charge < -0.3 is 10.2 Å². The summed E-state index contributed by atoms with van der Waals surface area (Å²) in [5.41, 5.74) is 5.43. The molecule has 0 aliphatic rings. The zero-order valence-corrected chi connectivity index (χ0v) is 9.21. The second-order valence-electron chi connectivity index (χ2n) is 2.57. The summed E-state index contributed by atoms with van der Waals surface area (Å²) in [4.78, 5) is 7.69. The summed E-state index contributed by atoms with van der Waals surface area (Å²) in [6, 6.07) is 0. The Balaban J connectivity index is 2.27. The Labute approximate surface area is 94.3 Å². The third-order valence-corrected chi connectivity index (χ3v) is 2.65. The van der Waals surface area contributed by atoms with Crippen LogP contribution in [0.5, 0.6) is 0 Å². The zero-order valence-electron chi connectivity index (χ0n) is 7.64. The molecule has 2 aromatic heterocycles. The molecule has 0 unspecified atom stereocenters. The van der Waals surface area contributed by atoms with Crippen LogP contribution in [0.25, 0.3) is 0 Å². The first-order chi connectivity index (χ1) is 7.15. The predicted molar refractivity (Wildman–Crippen MR) is 54.6 cm³/mol. The number of aromatic nitrogens is 4. The van der Waals surface area contributed by atoms with Crippen LogP contribution in [-0.4, -0.2) is 20.2 Å². The number of aryl methyl sites for hydroxylation is 1. The first-order valence-electron chi connectivity index (χ1n) is 3.91. The fraction of sp³-hybridized carbons (Fsp3) is 0.143. The van der Waals surface area contributed by atoms with Crippen molar-refractivity contribution in [2.45, 2.75) is 17.2 Å². The summed E-state index contributed by atoms with van der Waals surface area (Å²) in [5, 5.41) is 8.73. The fourth-order valence-electron chi connectivity index (χ4n) is 0.838. The predicted octanol–water partition coefficient (Wildman–Crippen LogP) is 1.55. The van der Waals surface area contributed by atoms with Crippen LogP contribution in [0, 0.1) is 6.92 Å². The number of halogens is 1. The van der Waals surface area contributed by atoms with Gasteiger partial charge in [0.25, 0.3) is 5.22 Å². The summed E-state index contributed by atoms with van der Waals surface area (Å²) in [6.45, 7) is 1.70. The minimum absolute atomic E-state index is 0.151. The van der Waals surface area contributed by atoms with E-state index in [9.17, 15) is 0 Å². The lowest BCUT2D eigenvalue weighted by Crippen LogP contribution is -1.95. The Morgan fingerprint density at radius 2 is 2.27 bits per heavy atom. The Morgan fingerprint density at radius 1 is 1.47 bits per heavy atom. The van der Waals surface area contributed by atoms with Crippen LogP contribution >= 0.6 is 23.4 Å². The lowest BCUT2D eigenvalue weighted by molar-refractivity contribution is 0.429. The van der Waals surface area contributed by atoms with Gasteiger partial charge in [-0.15, -0.1) is 10.2 Å². The quantitative estimate of drug-likeness (QED) is 0.800. The Morgan fingerprint density at radius 3 is 2.93 bits per heavy atom. The molecular formula is C7H6ClN5OS. The number of anilines is 1. The van der Waals surface area contributed by atoms with Crippen LogP contribution in [-0.2, 0) is 0 Å². The molecule has 6 nitrogen and oxygen atoms in total. The van der Waals surface area contributed by atoms with E-state index >= 15 is 0 Å². The Bertz CT molecular complexity index is 488. The summed E-state index contributed by atoms with van der Waals surface area (Å²) in [5.74, 6) is 0.633. The second-order valence-corrected chi connectivity index (χ2v) is 3.92. The highest BCUT2D eigenvalue weighted by Crippen LogP contribution is 2.30. The van der Waals surface area contributed by atoms with E-state index < -0.39 is 0 Å². The standard InChI is InChI=1S/C7H6ClN5OS/c1-3-12-13-7(14-3)15-5-4(8)2-10-6(9)11-5/h2H,1H3,(H2,9,10,11). The highest BCUT2D eigenvalue weighted by Gasteiger charge is 2.10. The molecule has 2 aromatic rings. The average Bonchev–Trinajstić information content (AvgIpc) is 2.58. The maximum absolute atomic E-state index is 5.86. The normalized spacial score (nSPS) is 10.5. The molecule has 0 saturated carbocycles. The van der Waals surface area contributed by atoms with E-state index in [1.54, 1.807) is 6.92 Å². The molecule has 0 aliphatic carbocycles. The molecule has 2 heterocycles. The van der Waals surface area contributed by atoms with Gasteiger partial charge in [0.2, 0.25) is 11.8 Å². The van der Waals surface area contributed by atoms with Crippen LogP contribution in [0.2, 0.25) is 5.02 Å². The zero-order chi connectivity index (χ0) is 10.8. The van der Waals surface area contributed by atoms with Crippen molar-refractivity contribution >= 4 is 29.3 Å². The average molecular weight is 244 g/mol. The molecule has 78 valence electrons. The van der Waals surface area contributed by atoms with Crippen molar-refractivity contribution in [1.82, 2.24) is 20.2 Å². The van der Waals surface area contributed by atoms with E-state index in [1.165, 1.54) is 6.20 Å². The molecule has 0 aromatic carbocycles. The Kier molecular flexibility index (Phi) is 2.74. The van der Waals surface area contributed by atoms with Crippen LogP contribution in [0.1, 0.15) is 5.89 Å². The molecule has 0 atom stereocenters. The van der Waals surface area contributed by atoms with E-state index in [0.29, 0.717) is 21.2 Å². The van der Waals surface area contributed by atoms with Crippen molar-refractivity contribution in [1.29, 1.82) is 0 Å². The molecule has 0 spiro atoms. The van der Waals surface area contributed by atoms with Crippen LogP contribution < -0.4 is 5.73 Å². The lowest BCUT2D eigenvalue weighted by atomic mass is 10.7. The SMILES string of the molecule is Cc1nnc(Sc2nc(N)ncc2Cl)o1. The molecular weight excluding hydrogens is 238 g/mol. The smallest absolute Gasteiger partial charge is 0.282 e. The van der Waals surface area contributed by atoms with Crippen LogP contribution in [0.15, 0.2) is 20.9 Å². The van der Waals surface area contributed by atoms with Crippen molar-refractivity contribution in [3.63, 3.8) is 0 Å². The number of hydrogen-bond donors (Lipinski definition) is 1. The van der Waals surface area contributed by atoms with Gasteiger partial charge in [-0.1, -0.05) is 11.6 Å². The number of hydrogen-bond acceptors (Lipinski definition) is 7. The van der Waals surface area contributed by atoms with Gasteiger partial charge >= 0.3 is 0 Å². The maximum Gasteiger partial charge on any atom is 0.282 e. The van der Waals surface area contributed by atoms with E-state index in [4.69, 9.17) is 21.8 Å². The topological polar surface area (TPSA) is 90.7 Å². The lowest BCUT2D eigenvalue weighted by Gasteiger charge is -1.99. The van der Waals surface area contributed by atoms with Gasteiger partial charge in [0, 0.05) is 6.92 Å². The largest absolute Gasteiger partial charge is 0.416 e. The molecule has 2 rings (SSSR count). The highest BCUT2D eigenvalue weighted by molar-refractivity contribution is 7.99. The summed E-state index contributed by atoms with van der Waals surface area (Å²) in [7, 11) is 0. The van der Waals surface area contributed by atoms with Gasteiger partial charge in [-0.3, -0.25) is 0 Å². The number of nitrogen functional groups attached to an aromatic ring is 1. The number of rotatable bonds is 2. The minimum Gasteiger partial charge on any atom is -0.416 e. The summed E-state index contributed by atoms with van der Waals surface area (Å²) < 4.78 is 5.16. The monoisotopic (exact) mass is 243 g/mol. The van der Waals surface area contributed by atoms with Gasteiger partial charge in [-0.25, -0.2) is 9.97 Å². The van der Waals surface area contributed by atoms with Gasteiger partial charge in [0.05, 0.1) is 11.2 Å². The van der Waals surface area contributed by atoms with E-state index in [-0.39, 0.29) is 5.95 Å². The molecule has 0 fully saturated rings. The van der Waals surface area contributed by atoms with E-state index in [2.05, 4.69) is 20.2 Å². The second kappa shape index (κ2) is 4.03. The van der Waals surface area contributed by atoms with E-state index in [1.807, 2.05) is 0 Å². The number of nitrogens with two attached hydrogens (primary N) is 1. The molecule has 0 amide bonds. The van der Waals surface area contributed by atoms with Crippen molar-refractivity contribution in [3.05, 3.63) is 17.1 Å². The van der Waals surface area contributed by atoms with E-state index in [0.717, 1.165) is 11.8 Å². The maximum atomic E-state index is 5.86. The molecule has 0 bridgehead atoms. The fourth-order valence-corrected chi connectivity index (χ4v) is 1.74. The van der Waals surface area contributed by atoms with Gasteiger partial charge in [-0.2, -0.15) is 0 Å². The molecule has 15 heavy (non-hydrogen) atoms. The van der Waals surface area contributed by atoms with Crippen molar-refractivity contribution in [2.75, 3.05) is 5.73 Å². The summed E-state index contributed by atoms with van der Waals surface area (Å²) in [6.07, 6.45) is 1.43.